The highest BCUT2D eigenvalue weighted by Crippen LogP contribution is 2.35. The number of rotatable bonds is 7. The molecule has 4 rings (SSSR count). The first-order valence-corrected chi connectivity index (χ1v) is 9.71. The molecule has 4 aromatic rings. The van der Waals surface area contributed by atoms with Crippen molar-refractivity contribution < 1.29 is 13.9 Å². The van der Waals surface area contributed by atoms with Crippen LogP contribution in [-0.4, -0.2) is 23.8 Å². The van der Waals surface area contributed by atoms with Crippen molar-refractivity contribution in [1.29, 1.82) is 0 Å². The monoisotopic (exact) mass is 403 g/mol. The number of nitrogen functional groups attached to an aromatic ring is 1. The Labute approximate surface area is 175 Å². The lowest BCUT2D eigenvalue weighted by Gasteiger charge is -2.18. The average Bonchev–Trinajstić information content (AvgIpc) is 3.42. The minimum Gasteiger partial charge on any atom is -0.497 e. The van der Waals surface area contributed by atoms with Gasteiger partial charge in [-0.25, -0.2) is 4.98 Å². The minimum atomic E-state index is 0.00732. The molecule has 0 aliphatic heterocycles. The molecule has 2 heterocycles. The van der Waals surface area contributed by atoms with Crippen LogP contribution in [0.1, 0.15) is 22.7 Å². The van der Waals surface area contributed by atoms with Gasteiger partial charge in [0.1, 0.15) is 11.5 Å². The molecule has 0 aliphatic rings. The molecule has 0 amide bonds. The Morgan fingerprint density at radius 2 is 1.83 bits per heavy atom. The molecule has 0 spiro atoms. The van der Waals surface area contributed by atoms with Gasteiger partial charge in [0.25, 0.3) is 0 Å². The van der Waals surface area contributed by atoms with E-state index in [9.17, 15) is 0 Å². The maximum Gasteiger partial charge on any atom is 0.200 e. The lowest BCUT2D eigenvalue weighted by atomic mass is 9.88. The molecule has 0 saturated heterocycles. The molecular formula is C24H25N3O3. The van der Waals surface area contributed by atoms with E-state index in [0.29, 0.717) is 12.4 Å². The van der Waals surface area contributed by atoms with Gasteiger partial charge in [-0.3, -0.25) is 0 Å². The van der Waals surface area contributed by atoms with Crippen LogP contribution >= 0.6 is 0 Å². The smallest absolute Gasteiger partial charge is 0.200 e. The zero-order valence-corrected chi connectivity index (χ0v) is 17.3. The summed E-state index contributed by atoms with van der Waals surface area (Å²) in [7, 11) is 5.26. The molecule has 1 unspecified atom stereocenters. The SMILES string of the molecule is COc1ccc(C(Cc2cc(-c3ccoc3)ccc2OC)c2cn(C)c(N)n2)cc1. The number of furan rings is 1. The maximum absolute atomic E-state index is 6.04. The number of hydrogen-bond donors (Lipinski definition) is 1. The van der Waals surface area contributed by atoms with Crippen molar-refractivity contribution in [2.24, 2.45) is 7.05 Å². The van der Waals surface area contributed by atoms with E-state index >= 15 is 0 Å². The Bertz CT molecular complexity index is 1100. The van der Waals surface area contributed by atoms with E-state index in [1.807, 2.05) is 48.1 Å². The summed E-state index contributed by atoms with van der Waals surface area (Å²) in [5.41, 5.74) is 11.3. The molecule has 30 heavy (non-hydrogen) atoms. The standard InChI is InChI=1S/C24H25N3O3/c1-27-14-22(26-24(27)25)21(16-4-7-20(28-2)8-5-16)13-19-12-17(6-9-23(19)29-3)18-10-11-30-15-18/h4-12,14-15,21H,13H2,1-3H3,(H2,25,26). The first kappa shape index (κ1) is 19.6. The van der Waals surface area contributed by atoms with E-state index in [0.717, 1.165) is 39.4 Å². The number of nitrogens with zero attached hydrogens (tertiary/aromatic N) is 2. The molecule has 2 aromatic heterocycles. The zero-order chi connectivity index (χ0) is 21.1. The van der Waals surface area contributed by atoms with Crippen LogP contribution in [0.4, 0.5) is 5.95 Å². The highest BCUT2D eigenvalue weighted by molar-refractivity contribution is 5.64. The molecular weight excluding hydrogens is 378 g/mol. The van der Waals surface area contributed by atoms with Crippen LogP contribution in [-0.2, 0) is 13.5 Å². The fourth-order valence-corrected chi connectivity index (χ4v) is 3.67. The lowest BCUT2D eigenvalue weighted by Crippen LogP contribution is -2.07. The summed E-state index contributed by atoms with van der Waals surface area (Å²) >= 11 is 0. The summed E-state index contributed by atoms with van der Waals surface area (Å²) in [6.07, 6.45) is 6.11. The lowest BCUT2D eigenvalue weighted by molar-refractivity contribution is 0.408. The van der Waals surface area contributed by atoms with Crippen molar-refractivity contribution in [2.75, 3.05) is 20.0 Å². The maximum atomic E-state index is 6.04. The van der Waals surface area contributed by atoms with Crippen LogP contribution in [0.5, 0.6) is 11.5 Å². The average molecular weight is 403 g/mol. The van der Waals surface area contributed by atoms with Gasteiger partial charge in [-0.15, -0.1) is 0 Å². The number of ether oxygens (including phenoxy) is 2. The molecule has 0 aliphatic carbocycles. The number of nitrogens with two attached hydrogens (primary N) is 1. The summed E-state index contributed by atoms with van der Waals surface area (Å²) in [6.45, 7) is 0. The Morgan fingerprint density at radius 3 is 2.43 bits per heavy atom. The quantitative estimate of drug-likeness (QED) is 0.486. The Kier molecular flexibility index (Phi) is 5.48. The van der Waals surface area contributed by atoms with Crippen molar-refractivity contribution in [2.45, 2.75) is 12.3 Å². The van der Waals surface area contributed by atoms with Gasteiger partial charge in [0.15, 0.2) is 5.95 Å². The Balaban J connectivity index is 1.76. The Hall–Kier alpha value is -3.67. The molecule has 154 valence electrons. The number of hydrogen-bond acceptors (Lipinski definition) is 5. The van der Waals surface area contributed by atoms with E-state index in [-0.39, 0.29) is 5.92 Å². The van der Waals surface area contributed by atoms with E-state index in [2.05, 4.69) is 23.2 Å². The van der Waals surface area contributed by atoms with Crippen LogP contribution in [0, 0.1) is 0 Å². The molecule has 6 nitrogen and oxygen atoms in total. The van der Waals surface area contributed by atoms with Gasteiger partial charge < -0.3 is 24.2 Å². The van der Waals surface area contributed by atoms with Gasteiger partial charge in [0.05, 0.1) is 32.4 Å². The molecule has 2 aromatic carbocycles. The highest BCUT2D eigenvalue weighted by atomic mass is 16.5. The topological polar surface area (TPSA) is 75.4 Å². The van der Waals surface area contributed by atoms with Crippen molar-refractivity contribution >= 4 is 5.95 Å². The van der Waals surface area contributed by atoms with E-state index < -0.39 is 0 Å². The number of anilines is 1. The van der Waals surface area contributed by atoms with Gasteiger partial charge in [0, 0.05) is 24.7 Å². The van der Waals surface area contributed by atoms with Crippen molar-refractivity contribution in [3.63, 3.8) is 0 Å². The zero-order valence-electron chi connectivity index (χ0n) is 17.3. The summed E-state index contributed by atoms with van der Waals surface area (Å²) in [5.74, 6) is 2.15. The van der Waals surface area contributed by atoms with E-state index in [4.69, 9.17) is 19.6 Å². The third-order valence-corrected chi connectivity index (χ3v) is 5.37. The molecule has 0 saturated carbocycles. The van der Waals surface area contributed by atoms with Crippen molar-refractivity contribution in [1.82, 2.24) is 9.55 Å². The molecule has 1 atom stereocenters. The second-order valence-corrected chi connectivity index (χ2v) is 7.20. The number of aromatic nitrogens is 2. The summed E-state index contributed by atoms with van der Waals surface area (Å²) < 4.78 is 18.1. The molecule has 0 radical (unpaired) electrons. The number of benzene rings is 2. The van der Waals surface area contributed by atoms with Crippen LogP contribution in [0.3, 0.4) is 0 Å². The second kappa shape index (κ2) is 8.37. The Morgan fingerprint density at radius 1 is 1.03 bits per heavy atom. The number of aryl methyl sites for hydroxylation is 1. The van der Waals surface area contributed by atoms with Crippen molar-refractivity contribution in [3.8, 4) is 22.6 Å². The molecule has 6 heteroatoms. The van der Waals surface area contributed by atoms with Gasteiger partial charge in [-0.1, -0.05) is 18.2 Å². The summed E-state index contributed by atoms with van der Waals surface area (Å²) in [4.78, 5) is 4.61. The van der Waals surface area contributed by atoms with Crippen LogP contribution in [0.15, 0.2) is 71.7 Å². The van der Waals surface area contributed by atoms with Crippen LogP contribution in [0.2, 0.25) is 0 Å². The normalized spacial score (nSPS) is 12.0. The third kappa shape index (κ3) is 3.89. The molecule has 0 fully saturated rings. The molecule has 0 bridgehead atoms. The predicted octanol–water partition coefficient (Wildman–Crippen LogP) is 4.65. The second-order valence-electron chi connectivity index (χ2n) is 7.20. The van der Waals surface area contributed by atoms with Gasteiger partial charge in [-0.2, -0.15) is 0 Å². The highest BCUT2D eigenvalue weighted by Gasteiger charge is 2.21. The van der Waals surface area contributed by atoms with Gasteiger partial charge >= 0.3 is 0 Å². The largest absolute Gasteiger partial charge is 0.497 e. The fraction of sp³-hybridized carbons (Fsp3) is 0.208. The van der Waals surface area contributed by atoms with E-state index in [1.165, 1.54) is 0 Å². The summed E-state index contributed by atoms with van der Waals surface area (Å²) in [6, 6.07) is 16.2. The minimum absolute atomic E-state index is 0.00732. The first-order chi connectivity index (χ1) is 14.6. The number of methoxy groups -OCH3 is 2. The van der Waals surface area contributed by atoms with Crippen molar-refractivity contribution in [3.05, 3.63) is 84.1 Å². The van der Waals surface area contributed by atoms with Gasteiger partial charge in [0.2, 0.25) is 0 Å². The van der Waals surface area contributed by atoms with Gasteiger partial charge in [-0.05, 0) is 53.4 Å². The number of imidazole rings is 1. The van der Waals surface area contributed by atoms with E-state index in [1.54, 1.807) is 26.7 Å². The third-order valence-electron chi connectivity index (χ3n) is 5.37. The predicted molar refractivity (Wildman–Crippen MR) is 117 cm³/mol. The van der Waals surface area contributed by atoms with Crippen LogP contribution in [0.25, 0.3) is 11.1 Å². The fourth-order valence-electron chi connectivity index (χ4n) is 3.67. The first-order valence-electron chi connectivity index (χ1n) is 9.71. The summed E-state index contributed by atoms with van der Waals surface area (Å²) in [5, 5.41) is 0. The van der Waals surface area contributed by atoms with Crippen LogP contribution < -0.4 is 15.2 Å². The molecule has 2 N–H and O–H groups in total.